The monoisotopic (exact) mass is 523 g/mol. The molecule has 0 saturated heterocycles. The number of rotatable bonds is 9. The number of carbonyl (C=O) groups is 2. The number of oxazole rings is 1. The van der Waals surface area contributed by atoms with Crippen molar-refractivity contribution in [3.63, 3.8) is 0 Å². The van der Waals surface area contributed by atoms with Crippen molar-refractivity contribution in [2.75, 3.05) is 6.54 Å². The van der Waals surface area contributed by atoms with Crippen LogP contribution in [0.15, 0.2) is 47.0 Å². The van der Waals surface area contributed by atoms with E-state index in [0.717, 1.165) is 48.2 Å². The van der Waals surface area contributed by atoms with Gasteiger partial charge in [-0.05, 0) is 74.1 Å². The predicted molar refractivity (Wildman–Crippen MR) is 143 cm³/mol. The van der Waals surface area contributed by atoms with E-state index in [2.05, 4.69) is 27.5 Å². The summed E-state index contributed by atoms with van der Waals surface area (Å²) in [7, 11) is 0. The Morgan fingerprint density at radius 1 is 1.21 bits per heavy atom. The number of aryl methyl sites for hydroxylation is 1. The summed E-state index contributed by atoms with van der Waals surface area (Å²) in [5.41, 5.74) is 5.50. The molecular weight excluding hydrogens is 494 g/mol. The van der Waals surface area contributed by atoms with Crippen molar-refractivity contribution in [1.29, 1.82) is 5.26 Å². The number of amides is 2. The second-order valence-corrected chi connectivity index (χ2v) is 10.7. The topological polar surface area (TPSA) is 139 Å². The van der Waals surface area contributed by atoms with E-state index in [1.165, 1.54) is 0 Å². The Hall–Kier alpha value is -4.52. The van der Waals surface area contributed by atoms with Crippen LogP contribution in [0.3, 0.4) is 0 Å². The Bertz CT molecular complexity index is 1620. The first-order chi connectivity index (χ1) is 18.8. The van der Waals surface area contributed by atoms with Gasteiger partial charge in [0, 0.05) is 17.3 Å². The molecule has 0 radical (unpaired) electrons. The lowest BCUT2D eigenvalue weighted by atomic mass is 10.1. The Kier molecular flexibility index (Phi) is 6.14. The van der Waals surface area contributed by atoms with Crippen LogP contribution in [-0.4, -0.2) is 44.1 Å². The Morgan fingerprint density at radius 3 is 2.72 bits per heavy atom. The molecule has 10 nitrogen and oxygen atoms in total. The van der Waals surface area contributed by atoms with Gasteiger partial charge >= 0.3 is 0 Å². The molecule has 2 fully saturated rings. The summed E-state index contributed by atoms with van der Waals surface area (Å²) in [5, 5.41) is 19.1. The van der Waals surface area contributed by atoms with E-state index in [1.54, 1.807) is 10.9 Å². The minimum atomic E-state index is -0.983. The van der Waals surface area contributed by atoms with Gasteiger partial charge in [-0.15, -0.1) is 0 Å². The Morgan fingerprint density at radius 2 is 2.00 bits per heavy atom. The van der Waals surface area contributed by atoms with Gasteiger partial charge in [-0.1, -0.05) is 13.0 Å². The molecule has 2 aliphatic carbocycles. The molecule has 4 aromatic rings. The molecule has 10 heteroatoms. The molecule has 2 saturated carbocycles. The smallest absolute Gasteiger partial charge is 0.270 e. The second kappa shape index (κ2) is 9.66. The van der Waals surface area contributed by atoms with E-state index in [-0.39, 0.29) is 30.3 Å². The van der Waals surface area contributed by atoms with Gasteiger partial charge in [0.15, 0.2) is 11.5 Å². The standard InChI is InChI=1S/C29H29N7O3/c1-17-13-19(7-11-31-17)18-3-6-21-24(14-18)39-26(33-21)15-22(27(37)32-12-10-30)34-28(38)23-16-25(29(2)8-9-29)35-36(23)20-4-5-20/h3,6-7,11,13-14,16,20,22H,4-5,8-9,12,15H2,1-2H3,(H,32,37)(H,34,38)/t22-/m0/s1. The first kappa shape index (κ1) is 24.8. The summed E-state index contributed by atoms with van der Waals surface area (Å²) >= 11 is 0. The van der Waals surface area contributed by atoms with Gasteiger partial charge in [-0.25, -0.2) is 4.98 Å². The fraction of sp³-hybridized carbons (Fsp3) is 0.379. The fourth-order valence-corrected chi connectivity index (χ4v) is 4.73. The van der Waals surface area contributed by atoms with Gasteiger partial charge < -0.3 is 15.1 Å². The van der Waals surface area contributed by atoms with Crippen LogP contribution in [-0.2, 0) is 16.6 Å². The van der Waals surface area contributed by atoms with Crippen LogP contribution >= 0.6 is 0 Å². The number of hydrogen-bond donors (Lipinski definition) is 2. The number of nitrogens with zero attached hydrogens (tertiary/aromatic N) is 5. The zero-order valence-corrected chi connectivity index (χ0v) is 21.9. The van der Waals surface area contributed by atoms with Crippen LogP contribution < -0.4 is 10.6 Å². The number of benzene rings is 1. The molecule has 198 valence electrons. The van der Waals surface area contributed by atoms with Gasteiger partial charge in [0.25, 0.3) is 5.91 Å². The molecule has 1 aromatic carbocycles. The van der Waals surface area contributed by atoms with Crippen LogP contribution in [0.4, 0.5) is 0 Å². The molecule has 39 heavy (non-hydrogen) atoms. The third-order valence-electron chi connectivity index (χ3n) is 7.48. The SMILES string of the molecule is Cc1cc(-c2ccc3nc(C[C@H](NC(=O)c4cc(C5(C)CC5)nn4C4CC4)C(=O)NCC#N)oc3c2)ccn1. The number of fused-ring (bicyclic) bond motifs is 1. The lowest BCUT2D eigenvalue weighted by Gasteiger charge is -2.16. The molecule has 2 amide bonds. The maximum absolute atomic E-state index is 13.5. The minimum Gasteiger partial charge on any atom is -0.441 e. The number of carbonyl (C=O) groups excluding carboxylic acids is 2. The zero-order valence-electron chi connectivity index (χ0n) is 21.9. The van der Waals surface area contributed by atoms with Crippen molar-refractivity contribution in [1.82, 2.24) is 30.4 Å². The second-order valence-electron chi connectivity index (χ2n) is 10.7. The van der Waals surface area contributed by atoms with E-state index in [1.807, 2.05) is 49.4 Å². The van der Waals surface area contributed by atoms with Crippen molar-refractivity contribution in [3.8, 4) is 17.2 Å². The average Bonchev–Trinajstić information content (AvgIpc) is 3.83. The molecule has 6 rings (SSSR count). The first-order valence-electron chi connectivity index (χ1n) is 13.2. The predicted octanol–water partition coefficient (Wildman–Crippen LogP) is 3.76. The summed E-state index contributed by atoms with van der Waals surface area (Å²) in [4.78, 5) is 35.3. The summed E-state index contributed by atoms with van der Waals surface area (Å²) in [5.74, 6) is -0.548. The van der Waals surface area contributed by atoms with Gasteiger partial charge in [0.2, 0.25) is 5.91 Å². The van der Waals surface area contributed by atoms with Crippen LogP contribution in [0, 0.1) is 18.3 Å². The highest BCUT2D eigenvalue weighted by atomic mass is 16.3. The molecular formula is C29H29N7O3. The summed E-state index contributed by atoms with van der Waals surface area (Å²) in [6, 6.07) is 12.6. The van der Waals surface area contributed by atoms with Gasteiger partial charge in [0.1, 0.15) is 23.8 Å². The van der Waals surface area contributed by atoms with Crippen molar-refractivity contribution in [2.45, 2.75) is 63.5 Å². The minimum absolute atomic E-state index is 0.0186. The highest BCUT2D eigenvalue weighted by Gasteiger charge is 2.43. The molecule has 1 atom stereocenters. The van der Waals surface area contributed by atoms with Crippen LogP contribution in [0.25, 0.3) is 22.2 Å². The van der Waals surface area contributed by atoms with Crippen LogP contribution in [0.2, 0.25) is 0 Å². The molecule has 2 N–H and O–H groups in total. The van der Waals surface area contributed by atoms with E-state index in [4.69, 9.17) is 14.8 Å². The maximum Gasteiger partial charge on any atom is 0.270 e. The van der Waals surface area contributed by atoms with Gasteiger partial charge in [-0.3, -0.25) is 19.3 Å². The summed E-state index contributed by atoms with van der Waals surface area (Å²) < 4.78 is 7.83. The van der Waals surface area contributed by atoms with E-state index in [9.17, 15) is 9.59 Å². The highest BCUT2D eigenvalue weighted by Crippen LogP contribution is 2.48. The molecule has 3 heterocycles. The maximum atomic E-state index is 13.5. The van der Waals surface area contributed by atoms with Gasteiger partial charge in [0.05, 0.1) is 24.2 Å². The van der Waals surface area contributed by atoms with Crippen molar-refractivity contribution in [3.05, 3.63) is 65.6 Å². The first-order valence-corrected chi connectivity index (χ1v) is 13.2. The molecule has 0 aliphatic heterocycles. The van der Waals surface area contributed by atoms with Crippen molar-refractivity contribution in [2.24, 2.45) is 0 Å². The largest absolute Gasteiger partial charge is 0.441 e. The third kappa shape index (κ3) is 5.12. The van der Waals surface area contributed by atoms with Gasteiger partial charge in [-0.2, -0.15) is 10.4 Å². The number of hydrogen-bond acceptors (Lipinski definition) is 7. The van der Waals surface area contributed by atoms with Crippen LogP contribution in [0.5, 0.6) is 0 Å². The van der Waals surface area contributed by atoms with Crippen LogP contribution in [0.1, 0.15) is 66.4 Å². The van der Waals surface area contributed by atoms with E-state index in [0.29, 0.717) is 22.7 Å². The average molecular weight is 524 g/mol. The highest BCUT2D eigenvalue weighted by molar-refractivity contribution is 5.96. The Balaban J connectivity index is 1.25. The fourth-order valence-electron chi connectivity index (χ4n) is 4.73. The molecule has 2 aliphatic rings. The van der Waals surface area contributed by atoms with Crippen molar-refractivity contribution < 1.29 is 14.0 Å². The number of nitrogens with one attached hydrogen (secondary N) is 2. The zero-order chi connectivity index (χ0) is 27.1. The molecule has 0 spiro atoms. The quantitative estimate of drug-likeness (QED) is 0.319. The summed E-state index contributed by atoms with van der Waals surface area (Å²) in [6.07, 6.45) is 5.85. The van der Waals surface area contributed by atoms with Crippen molar-refractivity contribution >= 4 is 22.9 Å². The number of nitriles is 1. The summed E-state index contributed by atoms with van der Waals surface area (Å²) in [6.45, 7) is 3.92. The third-order valence-corrected chi connectivity index (χ3v) is 7.48. The molecule has 0 unspecified atom stereocenters. The Labute approximate surface area is 225 Å². The lowest BCUT2D eigenvalue weighted by Crippen LogP contribution is -2.48. The molecule has 3 aromatic heterocycles. The number of aromatic nitrogens is 4. The molecule has 0 bridgehead atoms. The van der Waals surface area contributed by atoms with E-state index < -0.39 is 11.9 Å². The number of pyridine rings is 1. The van der Waals surface area contributed by atoms with E-state index >= 15 is 0 Å². The normalized spacial score (nSPS) is 16.4. The lowest BCUT2D eigenvalue weighted by molar-refractivity contribution is -0.122.